The molecule has 1 aromatic carbocycles. The predicted molar refractivity (Wildman–Crippen MR) is 75.4 cm³/mol. The molecule has 1 aromatic heterocycles. The molecule has 0 saturated heterocycles. The lowest BCUT2D eigenvalue weighted by Crippen LogP contribution is -2.25. The molecule has 4 nitrogen and oxygen atoms in total. The van der Waals surface area contributed by atoms with Gasteiger partial charge >= 0.3 is 0 Å². The van der Waals surface area contributed by atoms with Crippen molar-refractivity contribution in [2.24, 2.45) is 0 Å². The van der Waals surface area contributed by atoms with Gasteiger partial charge in [-0.25, -0.2) is 4.98 Å². The Morgan fingerprint density at radius 3 is 2.84 bits per heavy atom. The second-order valence-corrected chi connectivity index (χ2v) is 4.20. The Labute approximate surface area is 112 Å². The molecule has 0 fully saturated rings. The number of benzene rings is 1. The molecule has 2 aromatic rings. The SMILES string of the molecule is Cc1nccn1CCNC(=O)C=Cc1ccccc1. The van der Waals surface area contributed by atoms with Gasteiger partial charge in [0.05, 0.1) is 0 Å². The number of carbonyl (C=O) groups excluding carboxylic acids is 1. The first-order chi connectivity index (χ1) is 9.25. The number of imidazole rings is 1. The molecule has 4 heteroatoms. The average molecular weight is 255 g/mol. The molecule has 1 heterocycles. The highest BCUT2D eigenvalue weighted by atomic mass is 16.1. The molecule has 0 radical (unpaired) electrons. The predicted octanol–water partition coefficient (Wildman–Crippen LogP) is 2.02. The van der Waals surface area contributed by atoms with E-state index in [4.69, 9.17) is 0 Å². The van der Waals surface area contributed by atoms with Gasteiger partial charge in [0.2, 0.25) is 5.91 Å². The van der Waals surface area contributed by atoms with Crippen LogP contribution in [0.3, 0.4) is 0 Å². The number of hydrogen-bond donors (Lipinski definition) is 1. The molecule has 0 atom stereocenters. The summed E-state index contributed by atoms with van der Waals surface area (Å²) in [6.07, 6.45) is 7.02. The summed E-state index contributed by atoms with van der Waals surface area (Å²) in [4.78, 5) is 15.7. The molecule has 19 heavy (non-hydrogen) atoms. The minimum Gasteiger partial charge on any atom is -0.351 e. The topological polar surface area (TPSA) is 46.9 Å². The number of carbonyl (C=O) groups is 1. The van der Waals surface area contributed by atoms with Gasteiger partial charge in [0.1, 0.15) is 5.82 Å². The summed E-state index contributed by atoms with van der Waals surface area (Å²) in [7, 11) is 0. The Morgan fingerprint density at radius 2 is 2.16 bits per heavy atom. The number of hydrogen-bond acceptors (Lipinski definition) is 2. The molecule has 1 N–H and O–H groups in total. The average Bonchev–Trinajstić information content (AvgIpc) is 2.83. The Morgan fingerprint density at radius 1 is 1.37 bits per heavy atom. The van der Waals surface area contributed by atoms with Crippen LogP contribution in [-0.4, -0.2) is 22.0 Å². The van der Waals surface area contributed by atoms with Gasteiger partial charge in [-0.1, -0.05) is 30.3 Å². The Kier molecular flexibility index (Phi) is 4.50. The smallest absolute Gasteiger partial charge is 0.244 e. The van der Waals surface area contributed by atoms with Crippen molar-refractivity contribution in [3.63, 3.8) is 0 Å². The minimum atomic E-state index is -0.0818. The highest BCUT2D eigenvalue weighted by Crippen LogP contribution is 2.00. The van der Waals surface area contributed by atoms with E-state index in [1.165, 1.54) is 0 Å². The molecule has 0 spiro atoms. The number of aromatic nitrogens is 2. The van der Waals surface area contributed by atoms with Gasteiger partial charge in [-0.2, -0.15) is 0 Å². The molecular weight excluding hydrogens is 238 g/mol. The zero-order valence-corrected chi connectivity index (χ0v) is 10.9. The van der Waals surface area contributed by atoms with Crippen LogP contribution in [0.5, 0.6) is 0 Å². The monoisotopic (exact) mass is 255 g/mol. The third kappa shape index (κ3) is 4.10. The largest absolute Gasteiger partial charge is 0.351 e. The summed E-state index contributed by atoms with van der Waals surface area (Å²) in [6.45, 7) is 3.27. The zero-order valence-electron chi connectivity index (χ0n) is 10.9. The van der Waals surface area contributed by atoms with Crippen LogP contribution < -0.4 is 5.32 Å². The van der Waals surface area contributed by atoms with Crippen molar-refractivity contribution in [1.82, 2.24) is 14.9 Å². The van der Waals surface area contributed by atoms with E-state index in [-0.39, 0.29) is 5.91 Å². The van der Waals surface area contributed by atoms with Crippen molar-refractivity contribution in [2.75, 3.05) is 6.54 Å². The lowest BCUT2D eigenvalue weighted by Gasteiger charge is -2.05. The van der Waals surface area contributed by atoms with Gasteiger partial charge in [0.15, 0.2) is 0 Å². The van der Waals surface area contributed by atoms with Crippen LogP contribution in [0.1, 0.15) is 11.4 Å². The second-order valence-electron chi connectivity index (χ2n) is 4.20. The second kappa shape index (κ2) is 6.54. The van der Waals surface area contributed by atoms with E-state index in [0.717, 1.165) is 17.9 Å². The maximum Gasteiger partial charge on any atom is 0.244 e. The summed E-state index contributed by atoms with van der Waals surface area (Å²) in [5.74, 6) is 0.871. The fourth-order valence-corrected chi connectivity index (χ4v) is 1.73. The van der Waals surface area contributed by atoms with Crippen LogP contribution >= 0.6 is 0 Å². The maximum absolute atomic E-state index is 11.6. The fourth-order valence-electron chi connectivity index (χ4n) is 1.73. The number of amides is 1. The summed E-state index contributed by atoms with van der Waals surface area (Å²) in [5, 5.41) is 2.84. The van der Waals surface area contributed by atoms with Gasteiger partial charge in [0.25, 0.3) is 0 Å². The third-order valence-corrected chi connectivity index (χ3v) is 2.80. The van der Waals surface area contributed by atoms with Crippen molar-refractivity contribution in [2.45, 2.75) is 13.5 Å². The van der Waals surface area contributed by atoms with Crippen LogP contribution in [0.4, 0.5) is 0 Å². The van der Waals surface area contributed by atoms with Gasteiger partial charge in [-0.05, 0) is 18.6 Å². The van der Waals surface area contributed by atoms with Gasteiger partial charge in [-0.3, -0.25) is 4.79 Å². The molecule has 0 aliphatic carbocycles. The number of nitrogens with one attached hydrogen (secondary N) is 1. The Balaban J connectivity index is 1.76. The normalized spacial score (nSPS) is 10.8. The maximum atomic E-state index is 11.6. The quantitative estimate of drug-likeness (QED) is 0.831. The molecule has 0 aliphatic rings. The fraction of sp³-hybridized carbons (Fsp3) is 0.200. The van der Waals surface area contributed by atoms with Crippen LogP contribution in [0.25, 0.3) is 6.08 Å². The summed E-state index contributed by atoms with van der Waals surface area (Å²) in [6, 6.07) is 9.75. The molecule has 0 bridgehead atoms. The van der Waals surface area contributed by atoms with Crippen LogP contribution in [0, 0.1) is 6.92 Å². The molecule has 0 aliphatic heterocycles. The van der Waals surface area contributed by atoms with E-state index in [2.05, 4.69) is 10.3 Å². The van der Waals surface area contributed by atoms with Crippen molar-refractivity contribution in [1.29, 1.82) is 0 Å². The molecule has 2 rings (SSSR count). The number of aryl methyl sites for hydroxylation is 1. The van der Waals surface area contributed by atoms with E-state index < -0.39 is 0 Å². The lowest BCUT2D eigenvalue weighted by molar-refractivity contribution is -0.116. The lowest BCUT2D eigenvalue weighted by atomic mass is 10.2. The van der Waals surface area contributed by atoms with E-state index in [1.807, 2.05) is 48.0 Å². The van der Waals surface area contributed by atoms with E-state index >= 15 is 0 Å². The summed E-state index contributed by atoms with van der Waals surface area (Å²) >= 11 is 0. The first kappa shape index (κ1) is 13.1. The first-order valence-electron chi connectivity index (χ1n) is 6.24. The van der Waals surface area contributed by atoms with Gasteiger partial charge in [-0.15, -0.1) is 0 Å². The van der Waals surface area contributed by atoms with E-state index in [0.29, 0.717) is 6.54 Å². The van der Waals surface area contributed by atoms with Crippen LogP contribution in [0.2, 0.25) is 0 Å². The summed E-state index contributed by atoms with van der Waals surface area (Å²) in [5.41, 5.74) is 1.02. The zero-order chi connectivity index (χ0) is 13.5. The minimum absolute atomic E-state index is 0.0818. The molecule has 0 saturated carbocycles. The number of nitrogens with zero attached hydrogens (tertiary/aromatic N) is 2. The first-order valence-corrected chi connectivity index (χ1v) is 6.24. The Hall–Kier alpha value is -2.36. The molecule has 98 valence electrons. The van der Waals surface area contributed by atoms with Crippen molar-refractivity contribution in [3.05, 3.63) is 60.2 Å². The standard InChI is InChI=1S/C15H17N3O/c1-13-16-9-11-18(13)12-10-17-15(19)8-7-14-5-3-2-4-6-14/h2-9,11H,10,12H2,1H3,(H,17,19). The highest BCUT2D eigenvalue weighted by Gasteiger charge is 1.98. The van der Waals surface area contributed by atoms with Gasteiger partial charge in [0, 0.05) is 31.6 Å². The molecule has 0 unspecified atom stereocenters. The van der Waals surface area contributed by atoms with Crippen molar-refractivity contribution in [3.8, 4) is 0 Å². The van der Waals surface area contributed by atoms with Gasteiger partial charge < -0.3 is 9.88 Å². The van der Waals surface area contributed by atoms with Crippen LogP contribution in [-0.2, 0) is 11.3 Å². The highest BCUT2D eigenvalue weighted by molar-refractivity contribution is 5.91. The van der Waals surface area contributed by atoms with E-state index in [1.54, 1.807) is 18.3 Å². The van der Waals surface area contributed by atoms with Crippen molar-refractivity contribution >= 4 is 12.0 Å². The summed E-state index contributed by atoms with van der Waals surface area (Å²) < 4.78 is 2.00. The number of rotatable bonds is 5. The van der Waals surface area contributed by atoms with Crippen molar-refractivity contribution < 1.29 is 4.79 Å². The Bertz CT molecular complexity index is 558. The van der Waals surface area contributed by atoms with E-state index in [9.17, 15) is 4.79 Å². The molecular formula is C15H17N3O. The third-order valence-electron chi connectivity index (χ3n) is 2.80. The molecule has 1 amide bonds. The van der Waals surface area contributed by atoms with Crippen LogP contribution in [0.15, 0.2) is 48.8 Å².